The predicted molar refractivity (Wildman–Crippen MR) is 111 cm³/mol. The third kappa shape index (κ3) is 4.83. The molecule has 2 heterocycles. The number of halogens is 2. The van der Waals surface area contributed by atoms with E-state index in [4.69, 9.17) is 4.74 Å². The van der Waals surface area contributed by atoms with Crippen LogP contribution in [0.1, 0.15) is 19.8 Å². The van der Waals surface area contributed by atoms with Crippen LogP contribution in [0, 0.1) is 17.6 Å². The lowest BCUT2D eigenvalue weighted by Crippen LogP contribution is -2.32. The molecule has 4 rings (SSSR count). The van der Waals surface area contributed by atoms with Crippen molar-refractivity contribution in [2.45, 2.75) is 19.8 Å². The van der Waals surface area contributed by atoms with Gasteiger partial charge in [0, 0.05) is 30.5 Å². The van der Waals surface area contributed by atoms with Crippen molar-refractivity contribution in [3.63, 3.8) is 0 Å². The molecule has 2 aromatic carbocycles. The van der Waals surface area contributed by atoms with Crippen molar-refractivity contribution in [1.82, 2.24) is 4.98 Å². The molecular formula is C23H23F2N3O. The number of aromatic nitrogens is 1. The van der Waals surface area contributed by atoms with Crippen molar-refractivity contribution >= 4 is 17.2 Å². The van der Waals surface area contributed by atoms with Gasteiger partial charge >= 0.3 is 0 Å². The van der Waals surface area contributed by atoms with Gasteiger partial charge in [0.05, 0.1) is 6.20 Å². The molecular weight excluding hydrogens is 372 g/mol. The van der Waals surface area contributed by atoms with Crippen molar-refractivity contribution in [3.05, 3.63) is 72.4 Å². The van der Waals surface area contributed by atoms with Gasteiger partial charge in [-0.15, -0.1) is 0 Å². The third-order valence-corrected chi connectivity index (χ3v) is 5.13. The second-order valence-corrected chi connectivity index (χ2v) is 7.40. The zero-order valence-electron chi connectivity index (χ0n) is 16.2. The second-order valence-electron chi connectivity index (χ2n) is 7.40. The first-order valence-corrected chi connectivity index (χ1v) is 9.78. The Morgan fingerprint density at radius 3 is 2.48 bits per heavy atom. The van der Waals surface area contributed by atoms with Gasteiger partial charge in [0.25, 0.3) is 0 Å². The summed E-state index contributed by atoms with van der Waals surface area (Å²) in [5.74, 6) is 0.275. The Hall–Kier alpha value is -3.15. The number of benzene rings is 2. The molecule has 0 aliphatic carbocycles. The minimum atomic E-state index is -0.947. The lowest BCUT2D eigenvalue weighted by atomic mass is 9.99. The number of rotatable bonds is 5. The zero-order valence-corrected chi connectivity index (χ0v) is 16.2. The molecule has 0 amide bonds. The summed E-state index contributed by atoms with van der Waals surface area (Å²) in [6, 6.07) is 15.2. The number of ether oxygens (including phenoxy) is 1. The first-order chi connectivity index (χ1) is 14.1. The summed E-state index contributed by atoms with van der Waals surface area (Å²) in [4.78, 5) is 6.76. The van der Waals surface area contributed by atoms with E-state index in [1.54, 1.807) is 18.3 Å². The normalized spacial score (nSPS) is 14.7. The summed E-state index contributed by atoms with van der Waals surface area (Å²) < 4.78 is 31.8. The largest absolute Gasteiger partial charge is 0.456 e. The highest BCUT2D eigenvalue weighted by molar-refractivity contribution is 5.63. The maximum atomic E-state index is 13.3. The quantitative estimate of drug-likeness (QED) is 0.564. The van der Waals surface area contributed by atoms with E-state index in [-0.39, 0.29) is 5.75 Å². The average molecular weight is 395 g/mol. The van der Waals surface area contributed by atoms with Crippen LogP contribution in [-0.2, 0) is 0 Å². The summed E-state index contributed by atoms with van der Waals surface area (Å²) in [7, 11) is 0. The van der Waals surface area contributed by atoms with Crippen LogP contribution in [0.2, 0.25) is 0 Å². The molecule has 0 bridgehead atoms. The van der Waals surface area contributed by atoms with E-state index in [1.807, 2.05) is 12.1 Å². The summed E-state index contributed by atoms with van der Waals surface area (Å²) in [6.45, 7) is 4.47. The number of hydrogen-bond acceptors (Lipinski definition) is 4. The number of hydrogen-bond donors (Lipinski definition) is 1. The van der Waals surface area contributed by atoms with Crippen LogP contribution in [-0.4, -0.2) is 18.1 Å². The molecule has 0 saturated carbocycles. The van der Waals surface area contributed by atoms with Crippen molar-refractivity contribution < 1.29 is 13.5 Å². The molecule has 0 atom stereocenters. The number of piperidine rings is 1. The van der Waals surface area contributed by atoms with Crippen LogP contribution in [0.5, 0.6) is 11.5 Å². The number of nitrogens with zero attached hydrogens (tertiary/aromatic N) is 2. The summed E-state index contributed by atoms with van der Waals surface area (Å²) >= 11 is 0. The van der Waals surface area contributed by atoms with Gasteiger partial charge in [0.2, 0.25) is 0 Å². The second kappa shape index (κ2) is 8.47. The van der Waals surface area contributed by atoms with Crippen molar-refractivity contribution in [2.24, 2.45) is 5.92 Å². The number of nitrogens with one attached hydrogen (secondary N) is 1. The first-order valence-electron chi connectivity index (χ1n) is 9.78. The molecule has 0 spiro atoms. The van der Waals surface area contributed by atoms with Gasteiger partial charge in [0.1, 0.15) is 17.3 Å². The van der Waals surface area contributed by atoms with Gasteiger partial charge in [-0.2, -0.15) is 0 Å². The molecule has 0 unspecified atom stereocenters. The molecule has 3 aromatic rings. The Morgan fingerprint density at radius 2 is 1.76 bits per heavy atom. The van der Waals surface area contributed by atoms with Crippen LogP contribution in [0.3, 0.4) is 0 Å². The van der Waals surface area contributed by atoms with E-state index in [1.165, 1.54) is 24.6 Å². The maximum Gasteiger partial charge on any atom is 0.162 e. The van der Waals surface area contributed by atoms with E-state index in [0.29, 0.717) is 11.6 Å². The molecule has 29 heavy (non-hydrogen) atoms. The molecule has 1 aliphatic rings. The standard InChI is InChI=1S/C23H23F2N3O/c1-16-9-11-28(12-10-16)18-4-2-3-17(13-18)27-23-8-6-20(15-26-23)29-19-5-7-21(24)22(25)14-19/h2-8,13-16H,9-12H2,1H3,(H,26,27). The van der Waals surface area contributed by atoms with Gasteiger partial charge in [-0.1, -0.05) is 13.0 Å². The highest BCUT2D eigenvalue weighted by Gasteiger charge is 2.16. The summed E-state index contributed by atoms with van der Waals surface area (Å²) in [5.41, 5.74) is 2.17. The number of pyridine rings is 1. The fraction of sp³-hybridized carbons (Fsp3) is 0.261. The van der Waals surface area contributed by atoms with Gasteiger partial charge < -0.3 is 15.0 Å². The average Bonchev–Trinajstić information content (AvgIpc) is 2.73. The fourth-order valence-corrected chi connectivity index (χ4v) is 3.39. The van der Waals surface area contributed by atoms with Crippen LogP contribution in [0.4, 0.5) is 26.0 Å². The highest BCUT2D eigenvalue weighted by Crippen LogP contribution is 2.27. The van der Waals surface area contributed by atoms with Crippen molar-refractivity contribution in [1.29, 1.82) is 0 Å². The van der Waals surface area contributed by atoms with Crippen LogP contribution in [0.15, 0.2) is 60.8 Å². The smallest absolute Gasteiger partial charge is 0.162 e. The fourth-order valence-electron chi connectivity index (χ4n) is 3.39. The lowest BCUT2D eigenvalue weighted by molar-refractivity contribution is 0.438. The van der Waals surface area contributed by atoms with E-state index < -0.39 is 11.6 Å². The Labute approximate surface area is 169 Å². The summed E-state index contributed by atoms with van der Waals surface area (Å²) in [5, 5.41) is 3.30. The van der Waals surface area contributed by atoms with E-state index >= 15 is 0 Å². The number of anilines is 3. The minimum absolute atomic E-state index is 0.218. The SMILES string of the molecule is CC1CCN(c2cccc(Nc3ccc(Oc4ccc(F)c(F)c4)cn3)c2)CC1. The van der Waals surface area contributed by atoms with Crippen molar-refractivity contribution in [3.8, 4) is 11.5 Å². The molecule has 4 nitrogen and oxygen atoms in total. The Kier molecular flexibility index (Phi) is 5.60. The van der Waals surface area contributed by atoms with Gasteiger partial charge in [-0.05, 0) is 61.2 Å². The van der Waals surface area contributed by atoms with Gasteiger partial charge in [-0.3, -0.25) is 0 Å². The first kappa shape index (κ1) is 19.2. The van der Waals surface area contributed by atoms with E-state index in [0.717, 1.165) is 36.8 Å². The van der Waals surface area contributed by atoms with Crippen LogP contribution >= 0.6 is 0 Å². The van der Waals surface area contributed by atoms with Crippen LogP contribution in [0.25, 0.3) is 0 Å². The predicted octanol–water partition coefficient (Wildman–Crippen LogP) is 6.13. The zero-order chi connectivity index (χ0) is 20.2. The Bertz CT molecular complexity index is 970. The lowest BCUT2D eigenvalue weighted by Gasteiger charge is -2.32. The molecule has 0 radical (unpaired) electrons. The van der Waals surface area contributed by atoms with E-state index in [2.05, 4.69) is 34.3 Å². The molecule has 6 heteroatoms. The topological polar surface area (TPSA) is 37.4 Å². The molecule has 1 fully saturated rings. The van der Waals surface area contributed by atoms with Crippen molar-refractivity contribution in [2.75, 3.05) is 23.3 Å². The highest BCUT2D eigenvalue weighted by atomic mass is 19.2. The Morgan fingerprint density at radius 1 is 0.966 bits per heavy atom. The van der Waals surface area contributed by atoms with Crippen LogP contribution < -0.4 is 15.0 Å². The third-order valence-electron chi connectivity index (χ3n) is 5.13. The molecule has 1 saturated heterocycles. The summed E-state index contributed by atoms with van der Waals surface area (Å²) in [6.07, 6.45) is 3.98. The monoisotopic (exact) mass is 395 g/mol. The Balaban J connectivity index is 1.41. The van der Waals surface area contributed by atoms with Gasteiger partial charge in [-0.25, -0.2) is 13.8 Å². The molecule has 1 aliphatic heterocycles. The molecule has 1 N–H and O–H groups in total. The van der Waals surface area contributed by atoms with E-state index in [9.17, 15) is 8.78 Å². The van der Waals surface area contributed by atoms with Gasteiger partial charge in [0.15, 0.2) is 11.6 Å². The maximum absolute atomic E-state index is 13.3. The minimum Gasteiger partial charge on any atom is -0.456 e. The molecule has 1 aromatic heterocycles. The molecule has 150 valence electrons.